The zero-order valence-electron chi connectivity index (χ0n) is 29.5. The summed E-state index contributed by atoms with van der Waals surface area (Å²) >= 11 is 0. The highest BCUT2D eigenvalue weighted by atomic mass is 14.9. The van der Waals surface area contributed by atoms with E-state index in [-0.39, 0.29) is 5.41 Å². The number of pyridine rings is 1. The Bertz CT molecular complexity index is 2620. The Labute approximate surface area is 309 Å². The molecule has 0 N–H and O–H groups in total. The van der Waals surface area contributed by atoms with Crippen LogP contribution in [0.4, 0.5) is 0 Å². The third kappa shape index (κ3) is 5.89. The molecule has 0 aliphatic heterocycles. The fraction of sp³-hybridized carbons (Fsp3) is 0.0612. The Kier molecular flexibility index (Phi) is 7.83. The molecule has 0 unspecified atom stereocenters. The molecule has 0 spiro atoms. The van der Waals surface area contributed by atoms with Gasteiger partial charge in [-0.2, -0.15) is 5.26 Å². The normalized spacial score (nSPS) is 12.5. The van der Waals surface area contributed by atoms with Gasteiger partial charge in [0.15, 0.2) is 5.82 Å². The SMILES string of the molecule is CC1(C)c2cc(C#N)ccc2-c2ccc(-c3cc(-c4ccncc4)cc(-c4ccc(-c5cc(-c6ccccc6)nc(-c6ccccc6)n5)cc4)c3)cc21. The number of nitrogens with zero attached hydrogens (tertiary/aromatic N) is 4. The second-order valence-corrected chi connectivity index (χ2v) is 14.1. The van der Waals surface area contributed by atoms with E-state index in [1.807, 2.05) is 60.9 Å². The predicted molar refractivity (Wildman–Crippen MR) is 215 cm³/mol. The number of fused-ring (bicyclic) bond motifs is 3. The summed E-state index contributed by atoms with van der Waals surface area (Å²) in [5, 5.41) is 9.61. The summed E-state index contributed by atoms with van der Waals surface area (Å²) in [5.41, 5.74) is 17.0. The van der Waals surface area contributed by atoms with Crippen LogP contribution in [-0.4, -0.2) is 15.0 Å². The molecule has 0 radical (unpaired) electrons. The molecule has 0 saturated carbocycles. The van der Waals surface area contributed by atoms with Crippen molar-refractivity contribution in [3.05, 3.63) is 187 Å². The lowest BCUT2D eigenvalue weighted by Crippen LogP contribution is -2.15. The van der Waals surface area contributed by atoms with Crippen molar-refractivity contribution in [1.29, 1.82) is 5.26 Å². The molecule has 250 valence electrons. The van der Waals surface area contributed by atoms with Crippen molar-refractivity contribution < 1.29 is 0 Å². The van der Waals surface area contributed by atoms with Gasteiger partial charge in [-0.15, -0.1) is 0 Å². The molecule has 0 saturated heterocycles. The Hall–Kier alpha value is -6.96. The highest BCUT2D eigenvalue weighted by Gasteiger charge is 2.35. The minimum Gasteiger partial charge on any atom is -0.265 e. The standard InChI is InChI=1S/C49H34N4/c1-49(2)44-25-32(31-50)13-19-42(44)43-20-18-38(29-45(43)49)41-27-39(26-40(28-41)34-21-23-51-24-22-34)33-14-16-36(17-15-33)47-30-46(35-9-5-3-6-10-35)52-48(53-47)37-11-7-4-8-12-37/h3-30H,1-2H3. The lowest BCUT2D eigenvalue weighted by molar-refractivity contribution is 0.660. The van der Waals surface area contributed by atoms with E-state index in [4.69, 9.17) is 9.97 Å². The van der Waals surface area contributed by atoms with E-state index in [0.29, 0.717) is 11.4 Å². The Morgan fingerprint density at radius 2 is 0.925 bits per heavy atom. The maximum Gasteiger partial charge on any atom is 0.160 e. The molecule has 2 heterocycles. The molecule has 8 aromatic rings. The summed E-state index contributed by atoms with van der Waals surface area (Å²) in [7, 11) is 0. The van der Waals surface area contributed by atoms with Gasteiger partial charge in [0.05, 0.1) is 23.0 Å². The minimum atomic E-state index is -0.226. The van der Waals surface area contributed by atoms with Crippen molar-refractivity contribution >= 4 is 0 Å². The lowest BCUT2D eigenvalue weighted by Gasteiger charge is -2.22. The topological polar surface area (TPSA) is 62.5 Å². The molecule has 6 aromatic carbocycles. The molecule has 4 heteroatoms. The lowest BCUT2D eigenvalue weighted by atomic mass is 9.81. The summed E-state index contributed by atoms with van der Waals surface area (Å²) in [6, 6.07) is 57.3. The predicted octanol–water partition coefficient (Wildman–Crippen LogP) is 12.1. The second-order valence-electron chi connectivity index (χ2n) is 14.1. The molecular formula is C49H34N4. The molecule has 0 bridgehead atoms. The van der Waals surface area contributed by atoms with Gasteiger partial charge in [-0.05, 0) is 110 Å². The van der Waals surface area contributed by atoms with Gasteiger partial charge in [0.1, 0.15) is 0 Å². The molecule has 1 aliphatic rings. The van der Waals surface area contributed by atoms with Crippen LogP contribution < -0.4 is 0 Å². The number of aromatic nitrogens is 3. The van der Waals surface area contributed by atoms with Crippen LogP contribution >= 0.6 is 0 Å². The van der Waals surface area contributed by atoms with E-state index in [0.717, 1.165) is 61.5 Å². The average molecular weight is 679 g/mol. The van der Waals surface area contributed by atoms with E-state index in [9.17, 15) is 5.26 Å². The van der Waals surface area contributed by atoms with Crippen molar-refractivity contribution in [2.75, 3.05) is 0 Å². The summed E-state index contributed by atoms with van der Waals surface area (Å²) < 4.78 is 0. The fourth-order valence-electron chi connectivity index (χ4n) is 7.56. The largest absolute Gasteiger partial charge is 0.265 e. The van der Waals surface area contributed by atoms with E-state index in [2.05, 4.69) is 134 Å². The number of hydrogen-bond acceptors (Lipinski definition) is 4. The highest BCUT2D eigenvalue weighted by Crippen LogP contribution is 2.50. The van der Waals surface area contributed by atoms with Crippen LogP contribution in [0.2, 0.25) is 0 Å². The third-order valence-corrected chi connectivity index (χ3v) is 10.4. The Morgan fingerprint density at radius 1 is 0.434 bits per heavy atom. The smallest absolute Gasteiger partial charge is 0.160 e. The molecule has 0 atom stereocenters. The zero-order chi connectivity index (χ0) is 35.9. The quantitative estimate of drug-likeness (QED) is 0.176. The van der Waals surface area contributed by atoms with Gasteiger partial charge < -0.3 is 0 Å². The maximum absolute atomic E-state index is 9.61. The van der Waals surface area contributed by atoms with E-state index >= 15 is 0 Å². The molecule has 0 fully saturated rings. The van der Waals surface area contributed by atoms with Gasteiger partial charge in [-0.25, -0.2) is 9.97 Å². The van der Waals surface area contributed by atoms with E-state index < -0.39 is 0 Å². The second kappa shape index (κ2) is 13.0. The molecule has 9 rings (SSSR count). The van der Waals surface area contributed by atoms with Crippen LogP contribution in [0.1, 0.15) is 30.5 Å². The minimum absolute atomic E-state index is 0.226. The van der Waals surface area contributed by atoms with Crippen molar-refractivity contribution in [3.63, 3.8) is 0 Å². The summed E-state index contributed by atoms with van der Waals surface area (Å²) in [6.45, 7) is 4.51. The summed E-state index contributed by atoms with van der Waals surface area (Å²) in [6.07, 6.45) is 3.69. The van der Waals surface area contributed by atoms with Crippen LogP contribution in [0.15, 0.2) is 170 Å². The van der Waals surface area contributed by atoms with Gasteiger partial charge in [0.2, 0.25) is 0 Å². The first-order chi connectivity index (χ1) is 25.9. The van der Waals surface area contributed by atoms with Crippen molar-refractivity contribution in [2.24, 2.45) is 0 Å². The molecular weight excluding hydrogens is 645 g/mol. The Morgan fingerprint density at radius 3 is 1.55 bits per heavy atom. The molecule has 0 amide bonds. The van der Waals surface area contributed by atoms with E-state index in [1.165, 1.54) is 22.3 Å². The maximum atomic E-state index is 9.61. The first-order valence-electron chi connectivity index (χ1n) is 17.8. The van der Waals surface area contributed by atoms with Crippen molar-refractivity contribution in [2.45, 2.75) is 19.3 Å². The molecule has 1 aliphatic carbocycles. The first kappa shape index (κ1) is 32.0. The number of hydrogen-bond donors (Lipinski definition) is 0. The van der Waals surface area contributed by atoms with Crippen LogP contribution in [0.25, 0.3) is 78.4 Å². The van der Waals surface area contributed by atoms with Gasteiger partial charge in [-0.1, -0.05) is 117 Å². The van der Waals surface area contributed by atoms with Gasteiger partial charge in [0, 0.05) is 34.5 Å². The van der Waals surface area contributed by atoms with Crippen LogP contribution in [-0.2, 0) is 5.41 Å². The van der Waals surface area contributed by atoms with Gasteiger partial charge >= 0.3 is 0 Å². The number of benzene rings is 6. The average Bonchev–Trinajstić information content (AvgIpc) is 3.46. The summed E-state index contributed by atoms with van der Waals surface area (Å²) in [5.74, 6) is 0.701. The van der Waals surface area contributed by atoms with Crippen LogP contribution in [0.3, 0.4) is 0 Å². The molecule has 2 aromatic heterocycles. The van der Waals surface area contributed by atoms with Gasteiger partial charge in [-0.3, -0.25) is 4.98 Å². The highest BCUT2D eigenvalue weighted by molar-refractivity contribution is 5.87. The number of rotatable bonds is 6. The monoisotopic (exact) mass is 678 g/mol. The zero-order valence-corrected chi connectivity index (χ0v) is 29.5. The van der Waals surface area contributed by atoms with Crippen LogP contribution in [0.5, 0.6) is 0 Å². The van der Waals surface area contributed by atoms with Crippen LogP contribution in [0, 0.1) is 11.3 Å². The summed E-state index contributed by atoms with van der Waals surface area (Å²) in [4.78, 5) is 14.3. The molecule has 4 nitrogen and oxygen atoms in total. The fourth-order valence-corrected chi connectivity index (χ4v) is 7.56. The van der Waals surface area contributed by atoms with Gasteiger partial charge in [0.25, 0.3) is 0 Å². The van der Waals surface area contributed by atoms with E-state index in [1.54, 1.807) is 0 Å². The van der Waals surface area contributed by atoms with Crippen molar-refractivity contribution in [1.82, 2.24) is 15.0 Å². The van der Waals surface area contributed by atoms with Crippen molar-refractivity contribution in [3.8, 4) is 84.5 Å². The third-order valence-electron chi connectivity index (χ3n) is 10.4. The Balaban J connectivity index is 1.13. The first-order valence-corrected chi connectivity index (χ1v) is 17.8. The molecule has 53 heavy (non-hydrogen) atoms. The number of nitriles is 1.